The fourth-order valence-electron chi connectivity index (χ4n) is 2.93. The predicted molar refractivity (Wildman–Crippen MR) is 112 cm³/mol. The van der Waals surface area contributed by atoms with Gasteiger partial charge in [-0.25, -0.2) is 0 Å². The van der Waals surface area contributed by atoms with Crippen LogP contribution in [-0.2, 0) is 22.5 Å². The summed E-state index contributed by atoms with van der Waals surface area (Å²) in [4.78, 5) is 11.0. The fourth-order valence-corrected chi connectivity index (χ4v) is 2.93. The monoisotopic (exact) mass is 410 g/mol. The summed E-state index contributed by atoms with van der Waals surface area (Å²) in [5.74, 6) is 0.582. The second-order valence-corrected chi connectivity index (χ2v) is 6.83. The van der Waals surface area contributed by atoms with Crippen LogP contribution in [0.5, 0.6) is 11.5 Å². The highest BCUT2D eigenvalue weighted by Gasteiger charge is 2.13. The Hall–Kier alpha value is -3.32. The van der Waals surface area contributed by atoms with Crippen LogP contribution in [0.3, 0.4) is 0 Å². The SMILES string of the molecule is COC(COc1ccccc1)COc1cc(Cn2cccn2)ccc1CCC(=O)O. The maximum Gasteiger partial charge on any atom is 0.303 e. The van der Waals surface area contributed by atoms with Gasteiger partial charge in [0.2, 0.25) is 0 Å². The van der Waals surface area contributed by atoms with Crippen molar-refractivity contribution in [1.29, 1.82) is 0 Å². The zero-order valence-electron chi connectivity index (χ0n) is 16.9. The van der Waals surface area contributed by atoms with E-state index in [1.54, 1.807) is 13.3 Å². The van der Waals surface area contributed by atoms with Gasteiger partial charge in [0.25, 0.3) is 0 Å². The molecule has 1 atom stereocenters. The third kappa shape index (κ3) is 6.63. The third-order valence-corrected chi connectivity index (χ3v) is 4.58. The summed E-state index contributed by atoms with van der Waals surface area (Å²) in [7, 11) is 1.61. The second-order valence-electron chi connectivity index (χ2n) is 6.83. The Kier molecular flexibility index (Phi) is 7.86. The Morgan fingerprint density at radius 3 is 2.60 bits per heavy atom. The Labute approximate surface area is 175 Å². The van der Waals surface area contributed by atoms with Crippen LogP contribution in [0.1, 0.15) is 17.5 Å². The van der Waals surface area contributed by atoms with Crippen LogP contribution in [0.2, 0.25) is 0 Å². The van der Waals surface area contributed by atoms with Crippen LogP contribution < -0.4 is 9.47 Å². The molecule has 0 spiro atoms. The minimum absolute atomic E-state index is 0.0414. The van der Waals surface area contributed by atoms with Gasteiger partial charge < -0.3 is 19.3 Å². The van der Waals surface area contributed by atoms with Crippen molar-refractivity contribution in [2.24, 2.45) is 0 Å². The van der Waals surface area contributed by atoms with E-state index in [2.05, 4.69) is 5.10 Å². The lowest BCUT2D eigenvalue weighted by molar-refractivity contribution is -0.136. The molecule has 0 aliphatic carbocycles. The Morgan fingerprint density at radius 2 is 1.90 bits per heavy atom. The lowest BCUT2D eigenvalue weighted by Crippen LogP contribution is -2.27. The molecular weight excluding hydrogens is 384 g/mol. The summed E-state index contributed by atoms with van der Waals surface area (Å²) in [5, 5.41) is 13.3. The third-order valence-electron chi connectivity index (χ3n) is 4.58. The normalized spacial score (nSPS) is 11.8. The number of hydrogen-bond donors (Lipinski definition) is 1. The molecule has 0 radical (unpaired) electrons. The molecule has 0 aliphatic heterocycles. The van der Waals surface area contributed by atoms with Gasteiger partial charge in [0.05, 0.1) is 6.54 Å². The molecule has 0 fully saturated rings. The number of aromatic nitrogens is 2. The van der Waals surface area contributed by atoms with Gasteiger partial charge in [-0.2, -0.15) is 5.10 Å². The van der Waals surface area contributed by atoms with Crippen LogP contribution in [0, 0.1) is 0 Å². The number of carboxylic acids is 1. The molecule has 1 heterocycles. The molecule has 2 aromatic carbocycles. The molecule has 1 N–H and O–H groups in total. The van der Waals surface area contributed by atoms with E-state index in [0.29, 0.717) is 25.3 Å². The minimum Gasteiger partial charge on any atom is -0.491 e. The Bertz CT molecular complexity index is 913. The summed E-state index contributed by atoms with van der Waals surface area (Å²) in [6.45, 7) is 1.24. The largest absolute Gasteiger partial charge is 0.491 e. The number of para-hydroxylation sites is 1. The highest BCUT2D eigenvalue weighted by atomic mass is 16.6. The number of methoxy groups -OCH3 is 1. The van der Waals surface area contributed by atoms with Gasteiger partial charge in [0, 0.05) is 25.9 Å². The van der Waals surface area contributed by atoms with Crippen molar-refractivity contribution in [3.05, 3.63) is 78.1 Å². The maximum absolute atomic E-state index is 11.0. The quantitative estimate of drug-likeness (QED) is 0.493. The van der Waals surface area contributed by atoms with Gasteiger partial charge in [0.15, 0.2) is 0 Å². The number of aliphatic carboxylic acids is 1. The molecule has 7 nitrogen and oxygen atoms in total. The van der Waals surface area contributed by atoms with E-state index >= 15 is 0 Å². The summed E-state index contributed by atoms with van der Waals surface area (Å²) in [6, 6.07) is 17.2. The van der Waals surface area contributed by atoms with Crippen molar-refractivity contribution >= 4 is 5.97 Å². The number of hydrogen-bond acceptors (Lipinski definition) is 5. The number of ether oxygens (including phenoxy) is 3. The summed E-state index contributed by atoms with van der Waals surface area (Å²) in [6.07, 6.45) is 3.78. The standard InChI is InChI=1S/C23H26N2O5/c1-28-21(16-29-20-6-3-2-4-7-20)17-30-22-14-18(15-25-13-5-12-24-25)8-9-19(22)10-11-23(26)27/h2-9,12-14,21H,10-11,15-17H2,1H3,(H,26,27). The first-order valence-corrected chi connectivity index (χ1v) is 9.78. The number of carboxylic acid groups (broad SMARTS) is 1. The van der Waals surface area contributed by atoms with Crippen LogP contribution in [0.4, 0.5) is 0 Å². The topological polar surface area (TPSA) is 82.8 Å². The lowest BCUT2D eigenvalue weighted by Gasteiger charge is -2.19. The van der Waals surface area contributed by atoms with Gasteiger partial charge in [-0.3, -0.25) is 9.48 Å². The van der Waals surface area contributed by atoms with E-state index in [4.69, 9.17) is 19.3 Å². The van der Waals surface area contributed by atoms with E-state index in [1.807, 2.05) is 65.5 Å². The first-order valence-electron chi connectivity index (χ1n) is 9.78. The van der Waals surface area contributed by atoms with Crippen molar-refractivity contribution in [2.45, 2.75) is 25.5 Å². The molecule has 0 amide bonds. The van der Waals surface area contributed by atoms with Gasteiger partial charge in [0.1, 0.15) is 30.8 Å². The van der Waals surface area contributed by atoms with Gasteiger partial charge in [-0.05, 0) is 41.8 Å². The predicted octanol–water partition coefficient (Wildman–Crippen LogP) is 3.42. The molecule has 7 heteroatoms. The first-order chi connectivity index (χ1) is 14.6. The minimum atomic E-state index is -0.840. The van der Waals surface area contributed by atoms with Crippen LogP contribution in [0.15, 0.2) is 67.0 Å². The summed E-state index contributed by atoms with van der Waals surface area (Å²) >= 11 is 0. The van der Waals surface area contributed by atoms with Gasteiger partial charge in [-0.15, -0.1) is 0 Å². The smallest absolute Gasteiger partial charge is 0.303 e. The van der Waals surface area contributed by atoms with E-state index in [1.165, 1.54) is 0 Å². The molecule has 3 rings (SSSR count). The number of aryl methyl sites for hydroxylation is 1. The maximum atomic E-state index is 11.0. The molecule has 0 bridgehead atoms. The molecule has 158 valence electrons. The number of carbonyl (C=O) groups is 1. The van der Waals surface area contributed by atoms with Crippen molar-refractivity contribution in [3.8, 4) is 11.5 Å². The van der Waals surface area contributed by atoms with Crippen molar-refractivity contribution < 1.29 is 24.1 Å². The van der Waals surface area contributed by atoms with Crippen molar-refractivity contribution in [1.82, 2.24) is 9.78 Å². The van der Waals surface area contributed by atoms with E-state index in [0.717, 1.165) is 16.9 Å². The number of nitrogens with zero attached hydrogens (tertiary/aromatic N) is 2. The Morgan fingerprint density at radius 1 is 1.10 bits per heavy atom. The van der Waals surface area contributed by atoms with Crippen LogP contribution in [-0.4, -0.2) is 47.3 Å². The molecule has 1 unspecified atom stereocenters. The average molecular weight is 410 g/mol. The van der Waals surface area contributed by atoms with Crippen molar-refractivity contribution in [3.63, 3.8) is 0 Å². The molecule has 0 aliphatic rings. The molecule has 3 aromatic rings. The first kappa shape index (κ1) is 21.4. The summed E-state index contributed by atoms with van der Waals surface area (Å²) in [5.41, 5.74) is 1.86. The molecule has 30 heavy (non-hydrogen) atoms. The summed E-state index contributed by atoms with van der Waals surface area (Å²) < 4.78 is 19.1. The second kappa shape index (κ2) is 11.0. The van der Waals surface area contributed by atoms with Gasteiger partial charge >= 0.3 is 5.97 Å². The highest BCUT2D eigenvalue weighted by Crippen LogP contribution is 2.23. The Balaban J connectivity index is 1.66. The highest BCUT2D eigenvalue weighted by molar-refractivity contribution is 5.67. The number of rotatable bonds is 12. The van der Waals surface area contributed by atoms with E-state index in [-0.39, 0.29) is 19.1 Å². The average Bonchev–Trinajstić information content (AvgIpc) is 3.27. The molecular formula is C23H26N2O5. The number of benzene rings is 2. The van der Waals surface area contributed by atoms with E-state index in [9.17, 15) is 4.79 Å². The van der Waals surface area contributed by atoms with Crippen molar-refractivity contribution in [2.75, 3.05) is 20.3 Å². The molecule has 1 aromatic heterocycles. The molecule has 0 saturated carbocycles. The van der Waals surface area contributed by atoms with E-state index < -0.39 is 5.97 Å². The molecule has 0 saturated heterocycles. The fraction of sp³-hybridized carbons (Fsp3) is 0.304. The van der Waals surface area contributed by atoms with Crippen LogP contribution >= 0.6 is 0 Å². The zero-order valence-corrected chi connectivity index (χ0v) is 16.9. The van der Waals surface area contributed by atoms with Gasteiger partial charge in [-0.1, -0.05) is 30.3 Å². The zero-order chi connectivity index (χ0) is 21.2. The van der Waals surface area contributed by atoms with Crippen LogP contribution in [0.25, 0.3) is 0 Å². The lowest BCUT2D eigenvalue weighted by atomic mass is 10.1.